The Bertz CT molecular complexity index is 388. The van der Waals surface area contributed by atoms with Gasteiger partial charge in [-0.3, -0.25) is 9.59 Å². The van der Waals surface area contributed by atoms with Gasteiger partial charge >= 0.3 is 11.9 Å². The zero-order chi connectivity index (χ0) is 12.7. The zero-order valence-corrected chi connectivity index (χ0v) is 10.1. The van der Waals surface area contributed by atoms with Crippen LogP contribution in [-0.4, -0.2) is 26.2 Å². The third-order valence-corrected chi connectivity index (χ3v) is 2.37. The Hall–Kier alpha value is -1.84. The summed E-state index contributed by atoms with van der Waals surface area (Å²) in [4.78, 5) is 22.3. The molecule has 0 N–H and O–H groups in total. The average molecular weight is 236 g/mol. The molecule has 0 aromatic carbocycles. The molecule has 4 nitrogen and oxygen atoms in total. The molecule has 0 saturated carbocycles. The highest BCUT2D eigenvalue weighted by atomic mass is 16.5. The van der Waals surface area contributed by atoms with Crippen LogP contribution in [0.3, 0.4) is 0 Å². The Morgan fingerprint density at radius 3 is 2.29 bits per heavy atom. The van der Waals surface area contributed by atoms with Crippen LogP contribution < -0.4 is 0 Å². The summed E-state index contributed by atoms with van der Waals surface area (Å²) in [6, 6.07) is 0. The van der Waals surface area contributed by atoms with Gasteiger partial charge in [0.1, 0.15) is 0 Å². The van der Waals surface area contributed by atoms with Gasteiger partial charge in [-0.15, -0.1) is 0 Å². The average Bonchev–Trinajstić information content (AvgIpc) is 2.54. The molecule has 0 unspecified atom stereocenters. The largest absolute Gasteiger partial charge is 0.469 e. The molecule has 0 bridgehead atoms. The SMILES string of the molecule is COC(=O)CC1=CCC=CC(CC(=O)OC)=C1. The summed E-state index contributed by atoms with van der Waals surface area (Å²) in [5, 5.41) is 0. The van der Waals surface area contributed by atoms with Crippen LogP contribution >= 0.6 is 0 Å². The first-order chi connectivity index (χ1) is 8.15. The van der Waals surface area contributed by atoms with Gasteiger partial charge < -0.3 is 9.47 Å². The molecule has 4 heteroatoms. The maximum atomic E-state index is 11.2. The Morgan fingerprint density at radius 2 is 1.71 bits per heavy atom. The van der Waals surface area contributed by atoms with Gasteiger partial charge in [0.25, 0.3) is 0 Å². The molecule has 0 aliphatic heterocycles. The Labute approximate surface area is 101 Å². The summed E-state index contributed by atoms with van der Waals surface area (Å²) in [6.07, 6.45) is 8.77. The molecule has 0 amide bonds. The van der Waals surface area contributed by atoms with Crippen molar-refractivity contribution in [1.82, 2.24) is 0 Å². The van der Waals surface area contributed by atoms with Crippen LogP contribution in [0.2, 0.25) is 0 Å². The van der Waals surface area contributed by atoms with Crippen molar-refractivity contribution in [3.8, 4) is 0 Å². The molecule has 92 valence electrons. The van der Waals surface area contributed by atoms with Gasteiger partial charge in [0.2, 0.25) is 0 Å². The molecule has 0 aromatic heterocycles. The molecule has 1 rings (SSSR count). The van der Waals surface area contributed by atoms with Crippen LogP contribution in [0.15, 0.2) is 35.5 Å². The Morgan fingerprint density at radius 1 is 1.12 bits per heavy atom. The van der Waals surface area contributed by atoms with E-state index in [1.807, 2.05) is 24.3 Å². The molecule has 0 spiro atoms. The number of ether oxygens (including phenoxy) is 2. The summed E-state index contributed by atoms with van der Waals surface area (Å²) in [6.45, 7) is 0. The number of carbonyl (C=O) groups is 2. The van der Waals surface area contributed by atoms with E-state index in [0.29, 0.717) is 0 Å². The predicted molar refractivity (Wildman–Crippen MR) is 63.2 cm³/mol. The second kappa shape index (κ2) is 6.68. The van der Waals surface area contributed by atoms with Crippen LogP contribution in [0, 0.1) is 0 Å². The fourth-order valence-corrected chi connectivity index (χ4v) is 1.49. The van der Waals surface area contributed by atoms with Crippen molar-refractivity contribution in [2.75, 3.05) is 14.2 Å². The lowest BCUT2D eigenvalue weighted by molar-refractivity contribution is -0.140. The number of methoxy groups -OCH3 is 2. The van der Waals surface area contributed by atoms with Crippen molar-refractivity contribution >= 4 is 11.9 Å². The van der Waals surface area contributed by atoms with Crippen molar-refractivity contribution in [1.29, 1.82) is 0 Å². The first kappa shape index (κ1) is 13.2. The number of carbonyl (C=O) groups excluding carboxylic acids is 2. The number of esters is 2. The topological polar surface area (TPSA) is 52.6 Å². The smallest absolute Gasteiger partial charge is 0.309 e. The highest BCUT2D eigenvalue weighted by Gasteiger charge is 2.09. The van der Waals surface area contributed by atoms with E-state index in [2.05, 4.69) is 9.47 Å². The summed E-state index contributed by atoms with van der Waals surface area (Å²) in [5.41, 5.74) is 1.70. The van der Waals surface area contributed by atoms with Crippen molar-refractivity contribution in [3.05, 3.63) is 35.5 Å². The molecule has 1 aliphatic rings. The van der Waals surface area contributed by atoms with E-state index in [1.165, 1.54) is 14.2 Å². The van der Waals surface area contributed by atoms with Crippen molar-refractivity contribution in [3.63, 3.8) is 0 Å². The molecule has 0 heterocycles. The van der Waals surface area contributed by atoms with E-state index in [9.17, 15) is 9.59 Å². The van der Waals surface area contributed by atoms with E-state index in [1.54, 1.807) is 0 Å². The van der Waals surface area contributed by atoms with Gasteiger partial charge in [-0.25, -0.2) is 0 Å². The molecular weight excluding hydrogens is 220 g/mol. The van der Waals surface area contributed by atoms with Gasteiger partial charge in [-0.05, 0) is 17.6 Å². The van der Waals surface area contributed by atoms with Crippen LogP contribution in [0.5, 0.6) is 0 Å². The first-order valence-corrected chi connectivity index (χ1v) is 5.35. The van der Waals surface area contributed by atoms with Crippen molar-refractivity contribution in [2.45, 2.75) is 19.3 Å². The van der Waals surface area contributed by atoms with E-state index >= 15 is 0 Å². The van der Waals surface area contributed by atoms with Gasteiger partial charge in [-0.1, -0.05) is 24.3 Å². The van der Waals surface area contributed by atoms with Crippen LogP contribution in [-0.2, 0) is 19.1 Å². The Kier molecular flexibility index (Phi) is 5.20. The van der Waals surface area contributed by atoms with Crippen LogP contribution in [0.4, 0.5) is 0 Å². The van der Waals surface area contributed by atoms with Gasteiger partial charge in [0, 0.05) is 0 Å². The maximum Gasteiger partial charge on any atom is 0.309 e. The molecule has 0 aromatic rings. The third kappa shape index (κ3) is 4.68. The third-order valence-electron chi connectivity index (χ3n) is 2.37. The molecular formula is C13H16O4. The number of hydrogen-bond acceptors (Lipinski definition) is 4. The van der Waals surface area contributed by atoms with Crippen molar-refractivity contribution < 1.29 is 19.1 Å². The Balaban J connectivity index is 2.72. The van der Waals surface area contributed by atoms with E-state index in [4.69, 9.17) is 0 Å². The van der Waals surface area contributed by atoms with Crippen molar-refractivity contribution in [2.24, 2.45) is 0 Å². The lowest BCUT2D eigenvalue weighted by Gasteiger charge is -2.03. The highest BCUT2D eigenvalue weighted by Crippen LogP contribution is 2.17. The minimum absolute atomic E-state index is 0.214. The molecule has 0 radical (unpaired) electrons. The second-order valence-corrected chi connectivity index (χ2v) is 3.64. The zero-order valence-electron chi connectivity index (χ0n) is 10.1. The predicted octanol–water partition coefficient (Wildman–Crippen LogP) is 1.93. The molecule has 0 saturated heterocycles. The minimum atomic E-state index is -0.291. The summed E-state index contributed by atoms with van der Waals surface area (Å²) in [5.74, 6) is -0.577. The summed E-state index contributed by atoms with van der Waals surface area (Å²) in [7, 11) is 2.71. The quantitative estimate of drug-likeness (QED) is 0.700. The first-order valence-electron chi connectivity index (χ1n) is 5.35. The lowest BCUT2D eigenvalue weighted by atomic mass is 10.1. The van der Waals surface area contributed by atoms with E-state index in [0.717, 1.165) is 17.6 Å². The second-order valence-electron chi connectivity index (χ2n) is 3.64. The summed E-state index contributed by atoms with van der Waals surface area (Å²) < 4.78 is 9.22. The standard InChI is InChI=1S/C13H16O4/c1-16-12(14)8-10-5-3-4-6-11(7-10)9-13(15)17-2/h3,5-7H,4,8-9H2,1-2H3. The van der Waals surface area contributed by atoms with Crippen LogP contribution in [0.25, 0.3) is 0 Å². The van der Waals surface area contributed by atoms with E-state index in [-0.39, 0.29) is 24.8 Å². The molecule has 1 aliphatic carbocycles. The number of hydrogen-bond donors (Lipinski definition) is 0. The number of allylic oxidation sites excluding steroid dienone is 4. The fourth-order valence-electron chi connectivity index (χ4n) is 1.49. The number of rotatable bonds is 4. The van der Waals surface area contributed by atoms with Gasteiger partial charge in [0.15, 0.2) is 0 Å². The lowest BCUT2D eigenvalue weighted by Crippen LogP contribution is -2.03. The maximum absolute atomic E-state index is 11.2. The highest BCUT2D eigenvalue weighted by molar-refractivity contribution is 5.75. The normalized spacial score (nSPS) is 14.5. The van der Waals surface area contributed by atoms with Gasteiger partial charge in [-0.2, -0.15) is 0 Å². The van der Waals surface area contributed by atoms with Crippen LogP contribution in [0.1, 0.15) is 19.3 Å². The minimum Gasteiger partial charge on any atom is -0.469 e. The monoisotopic (exact) mass is 236 g/mol. The molecule has 0 fully saturated rings. The van der Waals surface area contributed by atoms with Gasteiger partial charge in [0.05, 0.1) is 27.1 Å². The summed E-state index contributed by atoms with van der Waals surface area (Å²) >= 11 is 0. The molecule has 0 atom stereocenters. The molecule has 17 heavy (non-hydrogen) atoms. The van der Waals surface area contributed by atoms with E-state index < -0.39 is 0 Å². The fraction of sp³-hybridized carbons (Fsp3) is 0.385.